The first-order chi connectivity index (χ1) is 16.3. The lowest BCUT2D eigenvalue weighted by atomic mass is 10.1. The van der Waals surface area contributed by atoms with Crippen LogP contribution in [0.1, 0.15) is 41.8 Å². The fourth-order valence-electron chi connectivity index (χ4n) is 3.63. The predicted octanol–water partition coefficient (Wildman–Crippen LogP) is 5.43. The minimum Gasteiger partial charge on any atom is -0.487 e. The second-order valence-electron chi connectivity index (χ2n) is 8.14. The van der Waals surface area contributed by atoms with Gasteiger partial charge in [0.15, 0.2) is 0 Å². The summed E-state index contributed by atoms with van der Waals surface area (Å²) in [6.07, 6.45) is -1.49. The Kier molecular flexibility index (Phi) is 7.21. The van der Waals surface area contributed by atoms with E-state index in [1.807, 2.05) is 12.1 Å². The molecule has 0 spiro atoms. The van der Waals surface area contributed by atoms with Crippen LogP contribution in [0, 0.1) is 6.92 Å². The molecule has 2 heterocycles. The van der Waals surface area contributed by atoms with E-state index in [-0.39, 0.29) is 31.1 Å². The predicted molar refractivity (Wildman–Crippen MR) is 118 cm³/mol. The van der Waals surface area contributed by atoms with Crippen LogP contribution >= 0.6 is 0 Å². The molecule has 0 radical (unpaired) electrons. The standard InChI is InChI=1S/C25H25F3N2O4/c1-16-22(30-23(34-16)18-7-9-19(10-8-18)25(26,27)28)15-32-20-11-5-17(6-12-20)14-33-24(31)21-4-2-3-13-29-21/h5-12,21,29H,2-4,13-15H2,1H3. The summed E-state index contributed by atoms with van der Waals surface area (Å²) in [4.78, 5) is 16.5. The van der Waals surface area contributed by atoms with Crippen LogP contribution in [-0.2, 0) is 28.9 Å². The van der Waals surface area contributed by atoms with Crippen LogP contribution in [0.2, 0.25) is 0 Å². The molecule has 0 saturated carbocycles. The van der Waals surface area contributed by atoms with Crippen LogP contribution in [-0.4, -0.2) is 23.5 Å². The van der Waals surface area contributed by atoms with E-state index in [9.17, 15) is 18.0 Å². The molecule has 0 bridgehead atoms. The van der Waals surface area contributed by atoms with Gasteiger partial charge in [0.2, 0.25) is 5.89 Å². The molecule has 2 aromatic carbocycles. The molecule has 1 N–H and O–H groups in total. The first-order valence-electron chi connectivity index (χ1n) is 11.1. The maximum atomic E-state index is 12.8. The number of esters is 1. The molecule has 34 heavy (non-hydrogen) atoms. The van der Waals surface area contributed by atoms with Crippen LogP contribution in [0.15, 0.2) is 52.9 Å². The van der Waals surface area contributed by atoms with Crippen LogP contribution in [0.4, 0.5) is 13.2 Å². The molecule has 0 aliphatic carbocycles. The lowest BCUT2D eigenvalue weighted by Crippen LogP contribution is -2.41. The van der Waals surface area contributed by atoms with Crippen LogP contribution < -0.4 is 10.1 Å². The summed E-state index contributed by atoms with van der Waals surface area (Å²) < 4.78 is 55.0. The van der Waals surface area contributed by atoms with E-state index in [0.717, 1.165) is 43.5 Å². The highest BCUT2D eigenvalue weighted by Gasteiger charge is 2.30. The number of rotatable bonds is 7. The van der Waals surface area contributed by atoms with E-state index in [2.05, 4.69) is 10.3 Å². The summed E-state index contributed by atoms with van der Waals surface area (Å²) in [6.45, 7) is 2.88. The number of piperidine rings is 1. The molecule has 1 atom stereocenters. The minimum atomic E-state index is -4.40. The molecule has 0 amide bonds. The van der Waals surface area contributed by atoms with Crippen molar-refractivity contribution in [2.24, 2.45) is 0 Å². The number of nitrogens with one attached hydrogen (secondary N) is 1. The van der Waals surface area contributed by atoms with Crippen molar-refractivity contribution < 1.29 is 31.9 Å². The third kappa shape index (κ3) is 5.96. The fraction of sp³-hybridized carbons (Fsp3) is 0.360. The Balaban J connectivity index is 1.30. The zero-order chi connectivity index (χ0) is 24.1. The lowest BCUT2D eigenvalue weighted by molar-refractivity contribution is -0.148. The molecule has 4 rings (SSSR count). The van der Waals surface area contributed by atoms with Gasteiger partial charge >= 0.3 is 12.1 Å². The van der Waals surface area contributed by atoms with Gasteiger partial charge in [0.05, 0.1) is 5.56 Å². The van der Waals surface area contributed by atoms with Crippen molar-refractivity contribution in [1.82, 2.24) is 10.3 Å². The molecule has 9 heteroatoms. The van der Waals surface area contributed by atoms with E-state index in [1.54, 1.807) is 19.1 Å². The summed E-state index contributed by atoms with van der Waals surface area (Å²) >= 11 is 0. The summed E-state index contributed by atoms with van der Waals surface area (Å²) in [5, 5.41) is 3.17. The Hall–Kier alpha value is -3.33. The molecular weight excluding hydrogens is 449 g/mol. The number of alkyl halides is 3. The molecular formula is C25H25F3N2O4. The highest BCUT2D eigenvalue weighted by Crippen LogP contribution is 2.31. The van der Waals surface area contributed by atoms with Gasteiger partial charge in [0, 0.05) is 5.56 Å². The number of halogens is 3. The van der Waals surface area contributed by atoms with Crippen LogP contribution in [0.25, 0.3) is 11.5 Å². The molecule has 1 saturated heterocycles. The first kappa shape index (κ1) is 23.8. The van der Waals surface area contributed by atoms with E-state index < -0.39 is 11.7 Å². The Morgan fingerprint density at radius 3 is 2.47 bits per heavy atom. The third-order valence-corrected chi connectivity index (χ3v) is 5.63. The Bertz CT molecular complexity index is 1100. The van der Waals surface area contributed by atoms with Gasteiger partial charge in [0.1, 0.15) is 36.5 Å². The van der Waals surface area contributed by atoms with E-state index in [1.165, 1.54) is 12.1 Å². The van der Waals surface area contributed by atoms with Crippen LogP contribution in [0.3, 0.4) is 0 Å². The number of aryl methyl sites for hydroxylation is 1. The zero-order valence-corrected chi connectivity index (χ0v) is 18.7. The molecule has 1 fully saturated rings. The zero-order valence-electron chi connectivity index (χ0n) is 18.7. The SMILES string of the molecule is Cc1oc(-c2ccc(C(F)(F)F)cc2)nc1COc1ccc(COC(=O)C2CCCCN2)cc1. The van der Waals surface area contributed by atoms with E-state index >= 15 is 0 Å². The quantitative estimate of drug-likeness (QED) is 0.460. The van der Waals surface area contributed by atoms with Gasteiger partial charge in [-0.05, 0) is 68.3 Å². The highest BCUT2D eigenvalue weighted by molar-refractivity contribution is 5.75. The lowest BCUT2D eigenvalue weighted by Gasteiger charge is -2.21. The summed E-state index contributed by atoms with van der Waals surface area (Å²) in [7, 11) is 0. The van der Waals surface area contributed by atoms with E-state index in [0.29, 0.717) is 22.8 Å². The Morgan fingerprint density at radius 1 is 1.09 bits per heavy atom. The van der Waals surface area contributed by atoms with Gasteiger partial charge in [-0.25, -0.2) is 4.98 Å². The van der Waals surface area contributed by atoms with Gasteiger partial charge in [0.25, 0.3) is 0 Å². The fourth-order valence-corrected chi connectivity index (χ4v) is 3.63. The van der Waals surface area contributed by atoms with Gasteiger partial charge in [-0.15, -0.1) is 0 Å². The first-order valence-corrected chi connectivity index (χ1v) is 11.1. The second-order valence-corrected chi connectivity index (χ2v) is 8.14. The summed E-state index contributed by atoms with van der Waals surface area (Å²) in [5.41, 5.74) is 1.11. The monoisotopic (exact) mass is 474 g/mol. The average Bonchev–Trinajstić information content (AvgIpc) is 3.22. The number of carbonyl (C=O) groups excluding carboxylic acids is 1. The molecule has 6 nitrogen and oxygen atoms in total. The normalized spacial score (nSPS) is 16.3. The summed E-state index contributed by atoms with van der Waals surface area (Å²) in [5.74, 6) is 1.12. The van der Waals surface area contributed by atoms with Crippen molar-refractivity contribution in [3.05, 3.63) is 71.1 Å². The second kappa shape index (κ2) is 10.3. The molecule has 1 aromatic heterocycles. The number of carbonyl (C=O) groups is 1. The summed E-state index contributed by atoms with van der Waals surface area (Å²) in [6, 6.07) is 11.6. The third-order valence-electron chi connectivity index (χ3n) is 5.63. The van der Waals surface area contributed by atoms with Crippen LogP contribution in [0.5, 0.6) is 5.75 Å². The van der Waals surface area contributed by atoms with Gasteiger partial charge in [-0.2, -0.15) is 13.2 Å². The van der Waals surface area contributed by atoms with Crippen molar-refractivity contribution in [1.29, 1.82) is 0 Å². The molecule has 1 unspecified atom stereocenters. The molecule has 1 aliphatic heterocycles. The number of nitrogens with zero attached hydrogens (tertiary/aromatic N) is 1. The maximum absolute atomic E-state index is 12.8. The smallest absolute Gasteiger partial charge is 0.416 e. The van der Waals surface area contributed by atoms with Gasteiger partial charge in [-0.3, -0.25) is 4.79 Å². The van der Waals surface area contributed by atoms with Crippen molar-refractivity contribution >= 4 is 5.97 Å². The number of oxazole rings is 1. The number of hydrogen-bond donors (Lipinski definition) is 1. The molecule has 3 aromatic rings. The number of benzene rings is 2. The number of aromatic nitrogens is 1. The topological polar surface area (TPSA) is 73.6 Å². The van der Waals surface area contributed by atoms with Crippen molar-refractivity contribution in [2.75, 3.05) is 6.54 Å². The van der Waals surface area contributed by atoms with Crippen molar-refractivity contribution in [3.8, 4) is 17.2 Å². The number of hydrogen-bond acceptors (Lipinski definition) is 6. The number of ether oxygens (including phenoxy) is 2. The van der Waals surface area contributed by atoms with Gasteiger partial charge < -0.3 is 19.2 Å². The van der Waals surface area contributed by atoms with Crippen molar-refractivity contribution in [2.45, 2.75) is 51.6 Å². The Labute approximate surface area is 195 Å². The highest BCUT2D eigenvalue weighted by atomic mass is 19.4. The maximum Gasteiger partial charge on any atom is 0.416 e. The van der Waals surface area contributed by atoms with Gasteiger partial charge in [-0.1, -0.05) is 18.6 Å². The van der Waals surface area contributed by atoms with Crippen molar-refractivity contribution in [3.63, 3.8) is 0 Å². The largest absolute Gasteiger partial charge is 0.487 e. The minimum absolute atomic E-state index is 0.137. The Morgan fingerprint density at radius 2 is 1.82 bits per heavy atom. The van der Waals surface area contributed by atoms with E-state index in [4.69, 9.17) is 13.9 Å². The average molecular weight is 474 g/mol. The molecule has 180 valence electrons. The molecule has 1 aliphatic rings.